The summed E-state index contributed by atoms with van der Waals surface area (Å²) in [5.74, 6) is -1.63. The number of hydrogen-bond acceptors (Lipinski definition) is 4. The third-order valence-electron chi connectivity index (χ3n) is 3.14. The Balaban J connectivity index is 2.33. The van der Waals surface area contributed by atoms with Crippen molar-refractivity contribution in [1.29, 1.82) is 0 Å². The molecular weight excluding hydrogens is 288 g/mol. The van der Waals surface area contributed by atoms with E-state index in [0.29, 0.717) is 19.4 Å². The van der Waals surface area contributed by atoms with Gasteiger partial charge in [-0.2, -0.15) is 0 Å². The Hall–Kier alpha value is -2.15. The Morgan fingerprint density at radius 3 is 2.70 bits per heavy atom. The number of aliphatic carboxylic acids is 1. The van der Waals surface area contributed by atoms with Gasteiger partial charge in [-0.05, 0) is 18.9 Å². The topological polar surface area (TPSA) is 101 Å². The van der Waals surface area contributed by atoms with Crippen molar-refractivity contribution in [3.8, 4) is 0 Å². The number of carboxylic acid groups (broad SMARTS) is 1. The average molecular weight is 299 g/mol. The Labute approximate surface area is 118 Å². The van der Waals surface area contributed by atoms with Crippen molar-refractivity contribution >= 4 is 29.2 Å². The highest BCUT2D eigenvalue weighted by atomic mass is 35.5. The standard InChI is InChI=1S/C12H11ClN2O5/c13-8-4-7(5-9(6-8)15(19)20)11(16)14-3-1-2-10(14)12(17)18/h4-6,10H,1-3H2,(H,17,18). The van der Waals surface area contributed by atoms with Crippen LogP contribution in [0.3, 0.4) is 0 Å². The third kappa shape index (κ3) is 2.72. The van der Waals surface area contributed by atoms with Gasteiger partial charge in [-0.25, -0.2) is 4.79 Å². The molecule has 1 aliphatic heterocycles. The first-order chi connectivity index (χ1) is 9.40. The van der Waals surface area contributed by atoms with Gasteiger partial charge in [0.2, 0.25) is 0 Å². The SMILES string of the molecule is O=C(O)C1CCCN1C(=O)c1cc(Cl)cc([N+](=O)[O-])c1. The summed E-state index contributed by atoms with van der Waals surface area (Å²) in [7, 11) is 0. The number of benzene rings is 1. The number of nitro benzene ring substituents is 1. The van der Waals surface area contributed by atoms with Crippen molar-refractivity contribution in [2.75, 3.05) is 6.54 Å². The van der Waals surface area contributed by atoms with E-state index in [-0.39, 0.29) is 16.3 Å². The zero-order valence-electron chi connectivity index (χ0n) is 10.3. The molecule has 1 fully saturated rings. The molecule has 1 amide bonds. The predicted molar refractivity (Wildman–Crippen MR) is 69.8 cm³/mol. The van der Waals surface area contributed by atoms with Gasteiger partial charge >= 0.3 is 5.97 Å². The molecule has 1 N–H and O–H groups in total. The van der Waals surface area contributed by atoms with Crippen LogP contribution in [0.5, 0.6) is 0 Å². The van der Waals surface area contributed by atoms with Gasteiger partial charge < -0.3 is 10.0 Å². The summed E-state index contributed by atoms with van der Waals surface area (Å²) in [5, 5.41) is 19.9. The molecule has 106 valence electrons. The van der Waals surface area contributed by atoms with E-state index in [4.69, 9.17) is 16.7 Å². The van der Waals surface area contributed by atoms with Crippen molar-refractivity contribution in [3.63, 3.8) is 0 Å². The lowest BCUT2D eigenvalue weighted by Gasteiger charge is -2.21. The van der Waals surface area contributed by atoms with Gasteiger partial charge in [-0.1, -0.05) is 11.6 Å². The van der Waals surface area contributed by atoms with E-state index in [1.165, 1.54) is 11.0 Å². The van der Waals surface area contributed by atoms with Crippen LogP contribution in [0.2, 0.25) is 5.02 Å². The zero-order chi connectivity index (χ0) is 14.9. The molecule has 8 heteroatoms. The fourth-order valence-electron chi connectivity index (χ4n) is 2.24. The van der Waals surface area contributed by atoms with Crippen LogP contribution in [-0.4, -0.2) is 39.4 Å². The van der Waals surface area contributed by atoms with Crippen molar-refractivity contribution in [2.24, 2.45) is 0 Å². The lowest BCUT2D eigenvalue weighted by atomic mass is 10.1. The number of nitrogens with zero attached hydrogens (tertiary/aromatic N) is 2. The molecule has 1 aromatic rings. The van der Waals surface area contributed by atoms with Gasteiger partial charge in [0.15, 0.2) is 0 Å². The molecule has 20 heavy (non-hydrogen) atoms. The summed E-state index contributed by atoms with van der Waals surface area (Å²) in [6, 6.07) is 2.65. The van der Waals surface area contributed by atoms with Crippen LogP contribution in [0, 0.1) is 10.1 Å². The smallest absolute Gasteiger partial charge is 0.326 e. The fourth-order valence-corrected chi connectivity index (χ4v) is 2.46. The Bertz CT molecular complexity index is 589. The largest absolute Gasteiger partial charge is 0.480 e. The van der Waals surface area contributed by atoms with Gasteiger partial charge in [-0.15, -0.1) is 0 Å². The fraction of sp³-hybridized carbons (Fsp3) is 0.333. The van der Waals surface area contributed by atoms with E-state index in [1.807, 2.05) is 0 Å². The second kappa shape index (κ2) is 5.46. The predicted octanol–water partition coefficient (Wildman–Crippen LogP) is 1.94. The Morgan fingerprint density at radius 1 is 1.40 bits per heavy atom. The second-order valence-corrected chi connectivity index (χ2v) is 4.89. The lowest BCUT2D eigenvalue weighted by Crippen LogP contribution is -2.40. The van der Waals surface area contributed by atoms with E-state index in [9.17, 15) is 19.7 Å². The summed E-state index contributed by atoms with van der Waals surface area (Å²) < 4.78 is 0. The number of likely N-dealkylation sites (tertiary alicyclic amines) is 1. The first kappa shape index (κ1) is 14.3. The number of carbonyl (C=O) groups excluding carboxylic acids is 1. The number of carbonyl (C=O) groups is 2. The van der Waals surface area contributed by atoms with Crippen molar-refractivity contribution in [3.05, 3.63) is 38.9 Å². The van der Waals surface area contributed by atoms with Crippen LogP contribution in [0.25, 0.3) is 0 Å². The Morgan fingerprint density at radius 2 is 2.10 bits per heavy atom. The van der Waals surface area contributed by atoms with Crippen molar-refractivity contribution in [1.82, 2.24) is 4.90 Å². The minimum absolute atomic E-state index is 0.0253. The number of nitro groups is 1. The van der Waals surface area contributed by atoms with Gasteiger partial charge in [0, 0.05) is 29.3 Å². The minimum atomic E-state index is -1.08. The summed E-state index contributed by atoms with van der Waals surface area (Å²) in [5.41, 5.74) is -0.274. The monoisotopic (exact) mass is 298 g/mol. The van der Waals surface area contributed by atoms with Crippen molar-refractivity contribution < 1.29 is 19.6 Å². The zero-order valence-corrected chi connectivity index (χ0v) is 11.0. The molecule has 1 heterocycles. The normalized spacial score (nSPS) is 18.1. The highest BCUT2D eigenvalue weighted by Crippen LogP contribution is 2.25. The summed E-state index contributed by atoms with van der Waals surface area (Å²) >= 11 is 5.75. The first-order valence-electron chi connectivity index (χ1n) is 5.89. The number of halogens is 1. The van der Waals surface area contributed by atoms with E-state index < -0.39 is 22.8 Å². The van der Waals surface area contributed by atoms with Crippen LogP contribution in [-0.2, 0) is 4.79 Å². The van der Waals surface area contributed by atoms with Crippen LogP contribution in [0.4, 0.5) is 5.69 Å². The first-order valence-corrected chi connectivity index (χ1v) is 6.26. The molecule has 0 saturated carbocycles. The molecule has 1 unspecified atom stereocenters. The lowest BCUT2D eigenvalue weighted by molar-refractivity contribution is -0.384. The van der Waals surface area contributed by atoms with Gasteiger partial charge in [0.25, 0.3) is 11.6 Å². The van der Waals surface area contributed by atoms with Crippen LogP contribution in [0.15, 0.2) is 18.2 Å². The van der Waals surface area contributed by atoms with E-state index >= 15 is 0 Å². The summed E-state index contributed by atoms with van der Waals surface area (Å²) in [6.45, 7) is 0.316. The molecule has 0 spiro atoms. The molecule has 1 aromatic carbocycles. The third-order valence-corrected chi connectivity index (χ3v) is 3.36. The molecule has 0 bridgehead atoms. The molecule has 7 nitrogen and oxygen atoms in total. The van der Waals surface area contributed by atoms with Crippen molar-refractivity contribution in [2.45, 2.75) is 18.9 Å². The van der Waals surface area contributed by atoms with Gasteiger partial charge in [0.1, 0.15) is 6.04 Å². The molecule has 0 aliphatic carbocycles. The molecular formula is C12H11ClN2O5. The molecule has 1 atom stereocenters. The minimum Gasteiger partial charge on any atom is -0.480 e. The van der Waals surface area contributed by atoms with Crippen LogP contribution >= 0.6 is 11.6 Å². The molecule has 0 radical (unpaired) electrons. The molecule has 1 aliphatic rings. The Kier molecular flexibility index (Phi) is 3.89. The van der Waals surface area contributed by atoms with E-state index in [2.05, 4.69) is 0 Å². The van der Waals surface area contributed by atoms with Gasteiger partial charge in [-0.3, -0.25) is 14.9 Å². The van der Waals surface area contributed by atoms with E-state index in [1.54, 1.807) is 0 Å². The maximum absolute atomic E-state index is 12.3. The highest BCUT2D eigenvalue weighted by molar-refractivity contribution is 6.31. The maximum Gasteiger partial charge on any atom is 0.326 e. The highest BCUT2D eigenvalue weighted by Gasteiger charge is 2.34. The molecule has 0 aromatic heterocycles. The summed E-state index contributed by atoms with van der Waals surface area (Å²) in [4.78, 5) is 34.6. The second-order valence-electron chi connectivity index (χ2n) is 4.45. The quantitative estimate of drug-likeness (QED) is 0.679. The van der Waals surface area contributed by atoms with Crippen LogP contribution in [0.1, 0.15) is 23.2 Å². The van der Waals surface area contributed by atoms with E-state index in [0.717, 1.165) is 12.1 Å². The molecule has 1 saturated heterocycles. The maximum atomic E-state index is 12.3. The summed E-state index contributed by atoms with van der Waals surface area (Å²) in [6.07, 6.45) is 0.967. The molecule has 2 rings (SSSR count). The number of carboxylic acids is 1. The van der Waals surface area contributed by atoms with Crippen LogP contribution < -0.4 is 0 Å². The van der Waals surface area contributed by atoms with Gasteiger partial charge in [0.05, 0.1) is 4.92 Å². The average Bonchev–Trinajstić information content (AvgIpc) is 2.86. The number of hydrogen-bond donors (Lipinski definition) is 1. The number of amides is 1. The number of non-ortho nitro benzene ring substituents is 1. The number of rotatable bonds is 3.